The average Bonchev–Trinajstić information content (AvgIpc) is 2.60. The SMILES string of the molecule is CCc1ccc(OCC(=O)N[C@H](C)COc2ccc(C)cc2)cc1. The Morgan fingerprint density at radius 2 is 1.58 bits per heavy atom. The van der Waals surface area contributed by atoms with Crippen molar-refractivity contribution < 1.29 is 14.3 Å². The molecule has 4 nitrogen and oxygen atoms in total. The van der Waals surface area contributed by atoms with Gasteiger partial charge in [0.1, 0.15) is 18.1 Å². The Kier molecular flexibility index (Phi) is 6.67. The van der Waals surface area contributed by atoms with Gasteiger partial charge in [-0.25, -0.2) is 0 Å². The normalized spacial score (nSPS) is 11.6. The molecule has 1 atom stereocenters. The lowest BCUT2D eigenvalue weighted by Gasteiger charge is -2.15. The molecule has 4 heteroatoms. The smallest absolute Gasteiger partial charge is 0.258 e. The van der Waals surface area contributed by atoms with Crippen LogP contribution in [-0.4, -0.2) is 25.2 Å². The zero-order valence-corrected chi connectivity index (χ0v) is 14.5. The molecule has 2 aromatic rings. The lowest BCUT2D eigenvalue weighted by Crippen LogP contribution is -2.39. The van der Waals surface area contributed by atoms with Crippen LogP contribution in [0.25, 0.3) is 0 Å². The van der Waals surface area contributed by atoms with Crippen LogP contribution < -0.4 is 14.8 Å². The van der Waals surface area contributed by atoms with Crippen LogP contribution in [0.15, 0.2) is 48.5 Å². The van der Waals surface area contributed by atoms with Gasteiger partial charge < -0.3 is 14.8 Å². The van der Waals surface area contributed by atoms with E-state index in [0.717, 1.165) is 12.2 Å². The summed E-state index contributed by atoms with van der Waals surface area (Å²) >= 11 is 0. The number of carbonyl (C=O) groups excluding carboxylic acids is 1. The summed E-state index contributed by atoms with van der Waals surface area (Å²) in [7, 11) is 0. The van der Waals surface area contributed by atoms with Crippen molar-refractivity contribution in [3.63, 3.8) is 0 Å². The predicted octanol–water partition coefficient (Wildman–Crippen LogP) is 3.52. The number of hydrogen-bond donors (Lipinski definition) is 1. The first kappa shape index (κ1) is 17.9. The van der Waals surface area contributed by atoms with Gasteiger partial charge in [-0.2, -0.15) is 0 Å². The third kappa shape index (κ3) is 5.95. The fourth-order valence-corrected chi connectivity index (χ4v) is 2.18. The van der Waals surface area contributed by atoms with Gasteiger partial charge in [-0.1, -0.05) is 36.8 Å². The highest BCUT2D eigenvalue weighted by Gasteiger charge is 2.09. The quantitative estimate of drug-likeness (QED) is 0.807. The molecule has 1 N–H and O–H groups in total. The molecular weight excluding hydrogens is 302 g/mol. The molecule has 0 spiro atoms. The largest absolute Gasteiger partial charge is 0.491 e. The monoisotopic (exact) mass is 327 g/mol. The third-order valence-corrected chi connectivity index (χ3v) is 3.63. The summed E-state index contributed by atoms with van der Waals surface area (Å²) in [5.41, 5.74) is 2.43. The molecule has 0 radical (unpaired) electrons. The fourth-order valence-electron chi connectivity index (χ4n) is 2.18. The number of nitrogens with one attached hydrogen (secondary N) is 1. The Morgan fingerprint density at radius 1 is 1.00 bits per heavy atom. The highest BCUT2D eigenvalue weighted by atomic mass is 16.5. The minimum Gasteiger partial charge on any atom is -0.491 e. The molecule has 0 aliphatic rings. The van der Waals surface area contributed by atoms with E-state index in [0.29, 0.717) is 12.4 Å². The van der Waals surface area contributed by atoms with E-state index in [1.54, 1.807) is 0 Å². The van der Waals surface area contributed by atoms with E-state index in [1.807, 2.05) is 62.4 Å². The van der Waals surface area contributed by atoms with Crippen LogP contribution in [0.3, 0.4) is 0 Å². The van der Waals surface area contributed by atoms with Gasteiger partial charge in [-0.15, -0.1) is 0 Å². The number of hydrogen-bond acceptors (Lipinski definition) is 3. The van der Waals surface area contributed by atoms with Crippen molar-refractivity contribution >= 4 is 5.91 Å². The molecule has 0 aromatic heterocycles. The van der Waals surface area contributed by atoms with E-state index in [9.17, 15) is 4.79 Å². The van der Waals surface area contributed by atoms with E-state index in [-0.39, 0.29) is 18.6 Å². The fraction of sp³-hybridized carbons (Fsp3) is 0.350. The molecule has 1 amide bonds. The summed E-state index contributed by atoms with van der Waals surface area (Å²) in [6.07, 6.45) is 0.985. The lowest BCUT2D eigenvalue weighted by molar-refractivity contribution is -0.123. The molecular formula is C20H25NO3. The van der Waals surface area contributed by atoms with Crippen molar-refractivity contribution in [2.45, 2.75) is 33.2 Å². The van der Waals surface area contributed by atoms with Gasteiger partial charge in [0.15, 0.2) is 6.61 Å². The first-order valence-corrected chi connectivity index (χ1v) is 8.27. The van der Waals surface area contributed by atoms with Gasteiger partial charge in [-0.05, 0) is 50.1 Å². The van der Waals surface area contributed by atoms with Crippen molar-refractivity contribution in [3.8, 4) is 11.5 Å². The maximum atomic E-state index is 11.9. The number of benzene rings is 2. The van der Waals surface area contributed by atoms with Crippen molar-refractivity contribution in [1.82, 2.24) is 5.32 Å². The van der Waals surface area contributed by atoms with E-state index < -0.39 is 0 Å². The Balaban J connectivity index is 1.69. The Hall–Kier alpha value is -2.49. The Bertz CT molecular complexity index is 635. The van der Waals surface area contributed by atoms with Crippen LogP contribution in [0.5, 0.6) is 11.5 Å². The number of rotatable bonds is 8. The topological polar surface area (TPSA) is 47.6 Å². The molecule has 0 bridgehead atoms. The number of amides is 1. The number of ether oxygens (including phenoxy) is 2. The van der Waals surface area contributed by atoms with E-state index in [2.05, 4.69) is 12.2 Å². The lowest BCUT2D eigenvalue weighted by atomic mass is 10.2. The maximum Gasteiger partial charge on any atom is 0.258 e. The van der Waals surface area contributed by atoms with Gasteiger partial charge >= 0.3 is 0 Å². The molecule has 0 aliphatic carbocycles. The van der Waals surface area contributed by atoms with Crippen LogP contribution in [0.4, 0.5) is 0 Å². The summed E-state index contributed by atoms with van der Waals surface area (Å²) in [5, 5.41) is 2.87. The van der Waals surface area contributed by atoms with Crippen molar-refractivity contribution in [1.29, 1.82) is 0 Å². The van der Waals surface area contributed by atoms with Crippen LogP contribution in [0.1, 0.15) is 25.0 Å². The molecule has 2 aromatic carbocycles. The Morgan fingerprint density at radius 3 is 2.21 bits per heavy atom. The zero-order chi connectivity index (χ0) is 17.4. The van der Waals surface area contributed by atoms with Gasteiger partial charge in [0, 0.05) is 0 Å². The van der Waals surface area contributed by atoms with Gasteiger partial charge in [0.2, 0.25) is 0 Å². The maximum absolute atomic E-state index is 11.9. The second-order valence-corrected chi connectivity index (χ2v) is 5.88. The van der Waals surface area contributed by atoms with Crippen LogP contribution >= 0.6 is 0 Å². The summed E-state index contributed by atoms with van der Waals surface area (Å²) in [4.78, 5) is 11.9. The average molecular weight is 327 g/mol. The molecule has 0 heterocycles. The second-order valence-electron chi connectivity index (χ2n) is 5.88. The minimum atomic E-state index is -0.158. The zero-order valence-electron chi connectivity index (χ0n) is 14.5. The van der Waals surface area contributed by atoms with Gasteiger partial charge in [0.25, 0.3) is 5.91 Å². The minimum absolute atomic E-state index is 0.000341. The van der Waals surface area contributed by atoms with Gasteiger partial charge in [-0.3, -0.25) is 4.79 Å². The number of carbonyl (C=O) groups is 1. The summed E-state index contributed by atoms with van der Waals surface area (Å²) in [6, 6.07) is 15.5. The van der Waals surface area contributed by atoms with Crippen LogP contribution in [-0.2, 0) is 11.2 Å². The van der Waals surface area contributed by atoms with Crippen molar-refractivity contribution in [2.24, 2.45) is 0 Å². The summed E-state index contributed by atoms with van der Waals surface area (Å²) in [5.74, 6) is 1.34. The molecule has 2 rings (SSSR count). The highest BCUT2D eigenvalue weighted by Crippen LogP contribution is 2.13. The Labute approximate surface area is 143 Å². The molecule has 0 saturated heterocycles. The van der Waals surface area contributed by atoms with E-state index in [1.165, 1.54) is 11.1 Å². The van der Waals surface area contributed by atoms with Crippen molar-refractivity contribution in [3.05, 3.63) is 59.7 Å². The molecule has 0 unspecified atom stereocenters. The van der Waals surface area contributed by atoms with Crippen molar-refractivity contribution in [2.75, 3.05) is 13.2 Å². The first-order chi connectivity index (χ1) is 11.6. The van der Waals surface area contributed by atoms with E-state index in [4.69, 9.17) is 9.47 Å². The third-order valence-electron chi connectivity index (χ3n) is 3.63. The van der Waals surface area contributed by atoms with E-state index >= 15 is 0 Å². The first-order valence-electron chi connectivity index (χ1n) is 8.27. The molecule has 128 valence electrons. The molecule has 0 saturated carbocycles. The second kappa shape index (κ2) is 8.96. The molecule has 24 heavy (non-hydrogen) atoms. The standard InChI is InChI=1S/C20H25NO3/c1-4-17-7-11-19(12-8-17)24-14-20(22)21-16(3)13-23-18-9-5-15(2)6-10-18/h5-12,16H,4,13-14H2,1-3H3,(H,21,22)/t16-/m1/s1. The van der Waals surface area contributed by atoms with Gasteiger partial charge in [0.05, 0.1) is 6.04 Å². The van der Waals surface area contributed by atoms with Crippen LogP contribution in [0.2, 0.25) is 0 Å². The highest BCUT2D eigenvalue weighted by molar-refractivity contribution is 5.77. The van der Waals surface area contributed by atoms with Crippen LogP contribution in [0, 0.1) is 6.92 Å². The number of aryl methyl sites for hydroxylation is 2. The summed E-state index contributed by atoms with van der Waals surface area (Å²) in [6.45, 7) is 6.45. The molecule has 0 fully saturated rings. The summed E-state index contributed by atoms with van der Waals surface area (Å²) < 4.78 is 11.1. The predicted molar refractivity (Wildman–Crippen MR) is 95.6 cm³/mol. The molecule has 0 aliphatic heterocycles.